The number of allylic oxidation sites excluding steroid dienone is 2. The van der Waals surface area contributed by atoms with Gasteiger partial charge in [0, 0.05) is 43.8 Å². The van der Waals surface area contributed by atoms with Crippen LogP contribution in [0.3, 0.4) is 0 Å². The summed E-state index contributed by atoms with van der Waals surface area (Å²) in [5, 5.41) is 3.26. The Morgan fingerprint density at radius 2 is 1.69 bits per heavy atom. The Morgan fingerprint density at radius 1 is 1.00 bits per heavy atom. The quantitative estimate of drug-likeness (QED) is 0.630. The summed E-state index contributed by atoms with van der Waals surface area (Å²) in [7, 11) is 0. The van der Waals surface area contributed by atoms with Gasteiger partial charge in [-0.3, -0.25) is 9.69 Å². The van der Waals surface area contributed by atoms with Crippen LogP contribution in [0.2, 0.25) is 0 Å². The standard InChI is InChI=1S/C25H34F3N3O/c26-25(27,28)21-6-3-7-23(18-21)31-16-14-30(15-17-31)13-12-19-8-10-22(11-9-19)29-24(32)20-4-1-2-5-20/h1-3,6-7,18-20,22H,4-5,8-17H2,(H,29,32)/t19-,22-. The number of carbonyl (C=O) groups is 1. The number of halogens is 3. The molecule has 1 aromatic rings. The van der Waals surface area contributed by atoms with Crippen LogP contribution >= 0.6 is 0 Å². The van der Waals surface area contributed by atoms with Crippen molar-refractivity contribution < 1.29 is 18.0 Å². The maximum absolute atomic E-state index is 13.0. The van der Waals surface area contributed by atoms with Gasteiger partial charge in [-0.15, -0.1) is 0 Å². The number of hydrogen-bond donors (Lipinski definition) is 1. The van der Waals surface area contributed by atoms with E-state index in [-0.39, 0.29) is 11.8 Å². The number of hydrogen-bond acceptors (Lipinski definition) is 3. The molecule has 3 aliphatic rings. The molecule has 0 aromatic heterocycles. The van der Waals surface area contributed by atoms with E-state index in [2.05, 4.69) is 27.3 Å². The molecule has 1 amide bonds. The Kier molecular flexibility index (Phi) is 7.44. The summed E-state index contributed by atoms with van der Waals surface area (Å²) < 4.78 is 38.9. The predicted molar refractivity (Wildman–Crippen MR) is 120 cm³/mol. The summed E-state index contributed by atoms with van der Waals surface area (Å²) in [5.74, 6) is 1.07. The molecule has 4 nitrogen and oxygen atoms in total. The highest BCUT2D eigenvalue weighted by Gasteiger charge is 2.31. The van der Waals surface area contributed by atoms with Gasteiger partial charge in [-0.1, -0.05) is 18.2 Å². The number of rotatable bonds is 6. The zero-order valence-corrected chi connectivity index (χ0v) is 18.6. The molecule has 0 bridgehead atoms. The zero-order valence-electron chi connectivity index (χ0n) is 18.6. The van der Waals surface area contributed by atoms with E-state index in [9.17, 15) is 18.0 Å². The lowest BCUT2D eigenvalue weighted by atomic mass is 9.83. The molecule has 1 saturated heterocycles. The molecule has 1 saturated carbocycles. The Labute approximate surface area is 188 Å². The maximum atomic E-state index is 13.0. The number of nitrogens with one attached hydrogen (secondary N) is 1. The lowest BCUT2D eigenvalue weighted by Crippen LogP contribution is -2.47. The SMILES string of the molecule is O=C(N[C@H]1CC[C@H](CCN2CCN(c3cccc(C(F)(F)F)c3)CC2)CC1)C1CC=CC1. The van der Waals surface area contributed by atoms with Crippen LogP contribution in [0.1, 0.15) is 50.5 Å². The molecule has 0 unspecified atom stereocenters. The minimum absolute atomic E-state index is 0.141. The molecular formula is C25H34F3N3O. The molecule has 32 heavy (non-hydrogen) atoms. The summed E-state index contributed by atoms with van der Waals surface area (Å²) in [5.41, 5.74) is 0.0809. The van der Waals surface area contributed by atoms with Gasteiger partial charge in [0.15, 0.2) is 0 Å². The smallest absolute Gasteiger partial charge is 0.369 e. The van der Waals surface area contributed by atoms with Gasteiger partial charge in [-0.25, -0.2) is 0 Å². The highest BCUT2D eigenvalue weighted by atomic mass is 19.4. The lowest BCUT2D eigenvalue weighted by molar-refractivity contribution is -0.137. The Bertz CT molecular complexity index is 786. The molecule has 1 N–H and O–H groups in total. The molecule has 7 heteroatoms. The molecule has 1 heterocycles. The molecule has 4 rings (SSSR count). The first-order valence-corrected chi connectivity index (χ1v) is 12.0. The highest BCUT2D eigenvalue weighted by molar-refractivity contribution is 5.79. The van der Waals surface area contributed by atoms with Crippen molar-refractivity contribution in [3.8, 4) is 0 Å². The second-order valence-electron chi connectivity index (χ2n) is 9.53. The van der Waals surface area contributed by atoms with E-state index in [0.717, 1.165) is 83.7 Å². The minimum Gasteiger partial charge on any atom is -0.369 e. The highest BCUT2D eigenvalue weighted by Crippen LogP contribution is 2.32. The molecule has 1 aliphatic heterocycles. The summed E-state index contributed by atoms with van der Waals surface area (Å²) in [4.78, 5) is 16.8. The van der Waals surface area contributed by atoms with Crippen LogP contribution < -0.4 is 10.2 Å². The summed E-state index contributed by atoms with van der Waals surface area (Å²) in [6.07, 6.45) is 7.28. The lowest BCUT2D eigenvalue weighted by Gasteiger charge is -2.37. The molecule has 2 fully saturated rings. The van der Waals surface area contributed by atoms with Gasteiger partial charge in [0.1, 0.15) is 0 Å². The van der Waals surface area contributed by atoms with Gasteiger partial charge in [0.2, 0.25) is 5.91 Å². The molecule has 0 radical (unpaired) electrons. The Hall–Kier alpha value is -2.02. The van der Waals surface area contributed by atoms with Crippen molar-refractivity contribution >= 4 is 11.6 Å². The van der Waals surface area contributed by atoms with Crippen molar-refractivity contribution in [2.24, 2.45) is 11.8 Å². The largest absolute Gasteiger partial charge is 0.416 e. The van der Waals surface area contributed by atoms with Crippen molar-refractivity contribution in [3.05, 3.63) is 42.0 Å². The molecule has 0 atom stereocenters. The normalized spacial score (nSPS) is 25.3. The second kappa shape index (κ2) is 10.3. The predicted octanol–water partition coefficient (Wildman–Crippen LogP) is 4.86. The third-order valence-electron chi connectivity index (χ3n) is 7.34. The van der Waals surface area contributed by atoms with Crippen LogP contribution in [-0.2, 0) is 11.0 Å². The summed E-state index contributed by atoms with van der Waals surface area (Å²) in [6.45, 7) is 4.34. The van der Waals surface area contributed by atoms with Crippen molar-refractivity contribution in [1.29, 1.82) is 0 Å². The average Bonchev–Trinajstić information content (AvgIpc) is 3.34. The monoisotopic (exact) mass is 449 g/mol. The van der Waals surface area contributed by atoms with Crippen LogP contribution in [0, 0.1) is 11.8 Å². The third kappa shape index (κ3) is 6.06. The Morgan fingerprint density at radius 3 is 2.34 bits per heavy atom. The van der Waals surface area contributed by atoms with E-state index in [1.807, 2.05) is 0 Å². The first kappa shape index (κ1) is 23.1. The van der Waals surface area contributed by atoms with Crippen molar-refractivity contribution in [2.75, 3.05) is 37.6 Å². The maximum Gasteiger partial charge on any atom is 0.416 e. The van der Waals surface area contributed by atoms with E-state index in [0.29, 0.717) is 17.6 Å². The number of benzene rings is 1. The van der Waals surface area contributed by atoms with Gasteiger partial charge in [0.25, 0.3) is 0 Å². The minimum atomic E-state index is -4.30. The fourth-order valence-electron chi connectivity index (χ4n) is 5.22. The van der Waals surface area contributed by atoms with Crippen LogP contribution in [0.25, 0.3) is 0 Å². The fraction of sp³-hybridized carbons (Fsp3) is 0.640. The molecule has 2 aliphatic carbocycles. The van der Waals surface area contributed by atoms with Gasteiger partial charge < -0.3 is 10.2 Å². The first-order valence-electron chi connectivity index (χ1n) is 12.0. The van der Waals surface area contributed by atoms with Gasteiger partial charge in [-0.05, 0) is 75.6 Å². The topological polar surface area (TPSA) is 35.6 Å². The van der Waals surface area contributed by atoms with Crippen molar-refractivity contribution in [1.82, 2.24) is 10.2 Å². The van der Waals surface area contributed by atoms with Crippen LogP contribution in [0.5, 0.6) is 0 Å². The van der Waals surface area contributed by atoms with E-state index in [1.54, 1.807) is 6.07 Å². The molecular weight excluding hydrogens is 415 g/mol. The van der Waals surface area contributed by atoms with E-state index in [4.69, 9.17) is 0 Å². The Balaban J connectivity index is 1.14. The first-order chi connectivity index (χ1) is 15.4. The van der Waals surface area contributed by atoms with Gasteiger partial charge in [-0.2, -0.15) is 13.2 Å². The van der Waals surface area contributed by atoms with Crippen LogP contribution in [-0.4, -0.2) is 49.6 Å². The fourth-order valence-corrected chi connectivity index (χ4v) is 5.22. The summed E-state index contributed by atoms with van der Waals surface area (Å²) in [6, 6.07) is 5.98. The number of nitrogens with zero attached hydrogens (tertiary/aromatic N) is 2. The number of piperazine rings is 1. The number of alkyl halides is 3. The molecule has 176 valence electrons. The van der Waals surface area contributed by atoms with E-state index >= 15 is 0 Å². The van der Waals surface area contributed by atoms with Crippen LogP contribution in [0.15, 0.2) is 36.4 Å². The van der Waals surface area contributed by atoms with E-state index in [1.165, 1.54) is 12.1 Å². The van der Waals surface area contributed by atoms with Crippen molar-refractivity contribution in [3.63, 3.8) is 0 Å². The number of amides is 1. The summed E-state index contributed by atoms with van der Waals surface area (Å²) >= 11 is 0. The average molecular weight is 450 g/mol. The van der Waals surface area contributed by atoms with E-state index < -0.39 is 11.7 Å². The molecule has 0 spiro atoms. The van der Waals surface area contributed by atoms with Gasteiger partial charge in [0.05, 0.1) is 5.56 Å². The van der Waals surface area contributed by atoms with Crippen molar-refractivity contribution in [2.45, 2.75) is 57.2 Å². The number of carbonyl (C=O) groups excluding carboxylic acids is 1. The molecule has 1 aromatic carbocycles. The third-order valence-corrected chi connectivity index (χ3v) is 7.34. The van der Waals surface area contributed by atoms with Gasteiger partial charge >= 0.3 is 6.18 Å². The zero-order chi connectivity index (χ0) is 22.6. The number of anilines is 1. The second-order valence-corrected chi connectivity index (χ2v) is 9.53. The van der Waals surface area contributed by atoms with Crippen LogP contribution in [0.4, 0.5) is 18.9 Å².